The van der Waals surface area contributed by atoms with E-state index in [1.54, 1.807) is 22.4 Å². The monoisotopic (exact) mass is 642 g/mol. The Morgan fingerprint density at radius 2 is 1.39 bits per heavy atom. The second kappa shape index (κ2) is 13.7. The molecule has 6 aromatic rings. The van der Waals surface area contributed by atoms with Crippen LogP contribution in [-0.4, -0.2) is 65.2 Å². The van der Waals surface area contributed by atoms with E-state index in [0.29, 0.717) is 22.7 Å². The standard InChI is InChI=1S/C11H15N5O3S.C11H12N2.C11H11NO/c1-20-2-5-7(17)8(18)11(19-5)16-4-15-10-6(16)9(12)13-3-14-10;1-7-6-10(12)8-4-2-3-5-9(8)11(7)13;1-7-6-10(13)8-4-2-3-5-9(8)11(7)12/h3-5,7-8,11,17-18H,2H2,1H3,(H2,12,13,14);2-6H,12-13H2,1H3;2-6,13H,12H2,1H3. The molecular formula is C33H38N8O4S. The Hall–Kier alpha value is -4.82. The molecule has 1 aliphatic rings. The quantitative estimate of drug-likeness (QED) is 0.107. The number of nitrogen functional groups attached to an aromatic ring is 4. The number of ether oxygens (including phenoxy) is 1. The van der Waals surface area contributed by atoms with Crippen LogP contribution in [0.5, 0.6) is 5.75 Å². The van der Waals surface area contributed by atoms with Crippen LogP contribution in [0, 0.1) is 13.8 Å². The molecule has 0 saturated carbocycles. The van der Waals surface area contributed by atoms with Crippen molar-refractivity contribution in [1.82, 2.24) is 19.5 Å². The van der Waals surface area contributed by atoms with Gasteiger partial charge < -0.3 is 43.0 Å². The predicted octanol–water partition coefficient (Wildman–Crippen LogP) is 4.14. The molecule has 240 valence electrons. The van der Waals surface area contributed by atoms with Crippen molar-refractivity contribution in [2.24, 2.45) is 0 Å². The number of hydrogen-bond acceptors (Lipinski definition) is 12. The fourth-order valence-electron chi connectivity index (χ4n) is 5.44. The zero-order valence-corrected chi connectivity index (χ0v) is 26.5. The summed E-state index contributed by atoms with van der Waals surface area (Å²) in [5.74, 6) is 1.14. The summed E-state index contributed by atoms with van der Waals surface area (Å²) in [6.07, 6.45) is 1.53. The normalized spacial score (nSPS) is 19.1. The molecule has 7 rings (SSSR count). The SMILES string of the molecule is CSCC1OC(n2cnc3ncnc(N)c32)C(O)C1O.Cc1cc(N)c2ccccc2c1N.Cc1cc(O)c2ccccc2c1N. The van der Waals surface area contributed by atoms with Crippen LogP contribution in [-0.2, 0) is 4.74 Å². The number of aryl methyl sites for hydroxylation is 2. The summed E-state index contributed by atoms with van der Waals surface area (Å²) in [6.45, 7) is 3.86. The van der Waals surface area contributed by atoms with E-state index in [2.05, 4.69) is 15.0 Å². The van der Waals surface area contributed by atoms with E-state index in [0.717, 1.165) is 49.7 Å². The molecule has 0 bridgehead atoms. The molecule has 1 aliphatic heterocycles. The summed E-state index contributed by atoms with van der Waals surface area (Å²) in [7, 11) is 0. The number of phenolic OH excluding ortho intramolecular Hbond substituents is 1. The number of phenols is 1. The van der Waals surface area contributed by atoms with Crippen molar-refractivity contribution in [3.63, 3.8) is 0 Å². The number of rotatable bonds is 3. The lowest BCUT2D eigenvalue weighted by molar-refractivity contribution is -0.0285. The van der Waals surface area contributed by atoms with E-state index in [1.165, 1.54) is 12.7 Å². The number of fused-ring (bicyclic) bond motifs is 3. The van der Waals surface area contributed by atoms with Crippen LogP contribution in [0.3, 0.4) is 0 Å². The molecule has 4 unspecified atom stereocenters. The van der Waals surface area contributed by atoms with Crippen molar-refractivity contribution >= 4 is 67.4 Å². The smallest absolute Gasteiger partial charge is 0.183 e. The lowest BCUT2D eigenvalue weighted by Gasteiger charge is -2.17. The van der Waals surface area contributed by atoms with Crippen LogP contribution >= 0.6 is 11.8 Å². The first-order valence-corrected chi connectivity index (χ1v) is 15.9. The molecule has 4 atom stereocenters. The molecule has 46 heavy (non-hydrogen) atoms. The van der Waals surface area contributed by atoms with Gasteiger partial charge in [-0.1, -0.05) is 48.5 Å². The van der Waals surface area contributed by atoms with Gasteiger partial charge in [0.2, 0.25) is 0 Å². The Kier molecular flexibility index (Phi) is 9.68. The van der Waals surface area contributed by atoms with Gasteiger partial charge in [-0.05, 0) is 43.4 Å². The highest BCUT2D eigenvalue weighted by molar-refractivity contribution is 7.98. The van der Waals surface area contributed by atoms with Gasteiger partial charge in [-0.2, -0.15) is 11.8 Å². The Morgan fingerprint density at radius 3 is 2.04 bits per heavy atom. The number of benzene rings is 4. The van der Waals surface area contributed by atoms with Crippen molar-refractivity contribution < 1.29 is 20.1 Å². The summed E-state index contributed by atoms with van der Waals surface area (Å²) in [4.78, 5) is 12.0. The van der Waals surface area contributed by atoms with Crippen LogP contribution in [0.25, 0.3) is 32.7 Å². The lowest BCUT2D eigenvalue weighted by Crippen LogP contribution is -2.32. The van der Waals surface area contributed by atoms with Gasteiger partial charge in [0, 0.05) is 44.4 Å². The maximum absolute atomic E-state index is 10.2. The average molecular weight is 643 g/mol. The third-order valence-electron chi connectivity index (χ3n) is 7.93. The molecule has 11 N–H and O–H groups in total. The summed E-state index contributed by atoms with van der Waals surface area (Å²) < 4.78 is 7.29. The predicted molar refractivity (Wildman–Crippen MR) is 186 cm³/mol. The molecule has 0 spiro atoms. The minimum Gasteiger partial charge on any atom is -0.507 e. The highest BCUT2D eigenvalue weighted by Gasteiger charge is 2.44. The molecule has 0 radical (unpaired) electrons. The number of aromatic hydroxyl groups is 1. The van der Waals surface area contributed by atoms with E-state index >= 15 is 0 Å². The summed E-state index contributed by atoms with van der Waals surface area (Å²) >= 11 is 1.54. The fourth-order valence-corrected chi connectivity index (χ4v) is 6.04. The van der Waals surface area contributed by atoms with Crippen molar-refractivity contribution in [3.05, 3.63) is 84.4 Å². The molecule has 1 fully saturated rings. The van der Waals surface area contributed by atoms with E-state index < -0.39 is 24.5 Å². The minimum absolute atomic E-state index is 0.256. The van der Waals surface area contributed by atoms with Crippen molar-refractivity contribution in [3.8, 4) is 5.75 Å². The van der Waals surface area contributed by atoms with Crippen LogP contribution in [0.1, 0.15) is 17.4 Å². The van der Waals surface area contributed by atoms with Crippen LogP contribution < -0.4 is 22.9 Å². The fraction of sp³-hybridized carbons (Fsp3) is 0.242. The van der Waals surface area contributed by atoms with Gasteiger partial charge in [0.25, 0.3) is 0 Å². The molecule has 0 amide bonds. The molecule has 13 heteroatoms. The van der Waals surface area contributed by atoms with Gasteiger partial charge in [-0.15, -0.1) is 0 Å². The maximum Gasteiger partial charge on any atom is 0.183 e. The minimum atomic E-state index is -1.05. The second-order valence-electron chi connectivity index (χ2n) is 11.0. The highest BCUT2D eigenvalue weighted by Crippen LogP contribution is 2.34. The molecular weight excluding hydrogens is 604 g/mol. The van der Waals surface area contributed by atoms with Crippen molar-refractivity contribution in [2.45, 2.75) is 38.4 Å². The first kappa shape index (κ1) is 32.6. The van der Waals surface area contributed by atoms with E-state index in [9.17, 15) is 15.3 Å². The van der Waals surface area contributed by atoms with E-state index in [1.807, 2.05) is 74.7 Å². The summed E-state index contributed by atoms with van der Waals surface area (Å²) in [6, 6.07) is 19.1. The summed E-state index contributed by atoms with van der Waals surface area (Å²) in [5.41, 5.74) is 28.7. The topological polar surface area (TPSA) is 218 Å². The zero-order chi connectivity index (χ0) is 33.1. The number of imidazole rings is 1. The van der Waals surface area contributed by atoms with E-state index in [-0.39, 0.29) is 5.82 Å². The Morgan fingerprint density at radius 1 is 0.804 bits per heavy atom. The largest absolute Gasteiger partial charge is 0.507 e. The van der Waals surface area contributed by atoms with Gasteiger partial charge in [0.05, 0.1) is 6.10 Å². The van der Waals surface area contributed by atoms with Crippen LogP contribution in [0.15, 0.2) is 73.3 Å². The van der Waals surface area contributed by atoms with Gasteiger partial charge in [0.1, 0.15) is 36.1 Å². The van der Waals surface area contributed by atoms with Gasteiger partial charge in [0.15, 0.2) is 17.7 Å². The van der Waals surface area contributed by atoms with Crippen LogP contribution in [0.4, 0.5) is 22.9 Å². The number of aromatic nitrogens is 4. The maximum atomic E-state index is 10.2. The van der Waals surface area contributed by atoms with Gasteiger partial charge >= 0.3 is 0 Å². The van der Waals surface area contributed by atoms with E-state index in [4.69, 9.17) is 27.7 Å². The van der Waals surface area contributed by atoms with Gasteiger partial charge in [-0.25, -0.2) is 15.0 Å². The van der Waals surface area contributed by atoms with Crippen molar-refractivity contribution in [1.29, 1.82) is 0 Å². The summed E-state index contributed by atoms with van der Waals surface area (Å²) in [5, 5.41) is 33.6. The highest BCUT2D eigenvalue weighted by atomic mass is 32.2. The number of aliphatic hydroxyl groups excluding tert-OH is 2. The molecule has 3 heterocycles. The molecule has 12 nitrogen and oxygen atoms in total. The number of hydrogen-bond donors (Lipinski definition) is 7. The average Bonchev–Trinajstić information content (AvgIpc) is 3.61. The molecule has 1 saturated heterocycles. The number of thioether (sulfide) groups is 1. The molecule has 2 aromatic heterocycles. The van der Waals surface area contributed by atoms with Gasteiger partial charge in [-0.3, -0.25) is 4.57 Å². The first-order chi connectivity index (χ1) is 22.0. The van der Waals surface area contributed by atoms with Crippen LogP contribution in [0.2, 0.25) is 0 Å². The number of nitrogens with zero attached hydrogens (tertiary/aromatic N) is 4. The third kappa shape index (κ3) is 6.30. The third-order valence-corrected chi connectivity index (χ3v) is 8.59. The Labute approximate surface area is 270 Å². The Bertz CT molecular complexity index is 1910. The number of aliphatic hydroxyl groups is 2. The number of nitrogens with two attached hydrogens (primary N) is 4. The second-order valence-corrected chi connectivity index (χ2v) is 11.9. The zero-order valence-electron chi connectivity index (χ0n) is 25.7. The first-order valence-electron chi connectivity index (χ1n) is 14.5. The van der Waals surface area contributed by atoms with Crippen molar-refractivity contribution in [2.75, 3.05) is 34.9 Å². The molecule has 4 aromatic carbocycles. The molecule has 0 aliphatic carbocycles. The lowest BCUT2D eigenvalue weighted by atomic mass is 10.0. The number of anilines is 4. The Balaban J connectivity index is 0.000000141.